The number of carbonyl (C=O) groups excluding carboxylic acids is 1. The average Bonchev–Trinajstić information content (AvgIpc) is 3.53. The maximum Gasteiger partial charge on any atom is 0.314 e. The van der Waals surface area contributed by atoms with Crippen molar-refractivity contribution in [3.63, 3.8) is 0 Å². The molecule has 0 saturated carbocycles. The lowest BCUT2D eigenvalue weighted by atomic mass is 9.95. The molecule has 7 rings (SSSR count). The van der Waals surface area contributed by atoms with Crippen molar-refractivity contribution in [3.8, 4) is 16.9 Å². The van der Waals surface area contributed by atoms with Gasteiger partial charge in [-0.3, -0.25) is 10.1 Å². The summed E-state index contributed by atoms with van der Waals surface area (Å²) in [6, 6.07) is 34.1. The van der Waals surface area contributed by atoms with E-state index in [1.807, 2.05) is 65.7 Å². The molecule has 2 unspecified atom stereocenters. The van der Waals surface area contributed by atoms with E-state index >= 15 is 0 Å². The highest BCUT2D eigenvalue weighted by Crippen LogP contribution is 2.53. The summed E-state index contributed by atoms with van der Waals surface area (Å²) < 4.78 is 6.62. The fraction of sp³-hybridized carbons (Fsp3) is 0.0968. The zero-order valence-corrected chi connectivity index (χ0v) is 21.7. The zero-order valence-electron chi connectivity index (χ0n) is 20.2. The molecule has 1 saturated heterocycles. The second-order valence-electron chi connectivity index (χ2n) is 9.42. The van der Waals surface area contributed by atoms with E-state index in [0.717, 1.165) is 50.2 Å². The van der Waals surface area contributed by atoms with Gasteiger partial charge in [0, 0.05) is 17.0 Å². The summed E-state index contributed by atoms with van der Waals surface area (Å²) >= 11 is 7.53. The van der Waals surface area contributed by atoms with Crippen LogP contribution in [-0.4, -0.2) is 21.8 Å². The Kier molecular flexibility index (Phi) is 5.53. The molecule has 4 aromatic carbocycles. The number of ether oxygens (including phenoxy) is 1. The average molecular weight is 536 g/mol. The highest BCUT2D eigenvalue weighted by atomic mass is 35.5. The second-order valence-corrected chi connectivity index (χ2v) is 10.9. The highest BCUT2D eigenvalue weighted by Gasteiger charge is 2.58. The minimum Gasteiger partial charge on any atom is -0.444 e. The van der Waals surface area contributed by atoms with Crippen LogP contribution in [0.15, 0.2) is 113 Å². The first kappa shape index (κ1) is 23.1. The number of nitrogens with zero attached hydrogens (tertiary/aromatic N) is 2. The minimum absolute atomic E-state index is 0.143. The van der Waals surface area contributed by atoms with Gasteiger partial charge in [0.15, 0.2) is 0 Å². The van der Waals surface area contributed by atoms with Crippen molar-refractivity contribution in [2.45, 2.75) is 18.3 Å². The Morgan fingerprint density at radius 1 is 0.921 bits per heavy atom. The van der Waals surface area contributed by atoms with Gasteiger partial charge in [-0.25, -0.2) is 5.01 Å². The van der Waals surface area contributed by atoms with E-state index in [2.05, 4.69) is 53.8 Å². The van der Waals surface area contributed by atoms with Gasteiger partial charge in [-0.05, 0) is 58.3 Å². The van der Waals surface area contributed by atoms with Crippen LogP contribution in [0, 0.1) is 0 Å². The Labute approximate surface area is 229 Å². The number of nitrogens with one attached hydrogen (secondary N) is 1. The molecule has 3 aliphatic heterocycles. The molecule has 1 fully saturated rings. The molecular formula is C31H22ClN3O2S. The molecule has 186 valence electrons. The van der Waals surface area contributed by atoms with Crippen molar-refractivity contribution >= 4 is 40.4 Å². The van der Waals surface area contributed by atoms with Gasteiger partial charge in [0.05, 0.1) is 16.7 Å². The number of fused-ring (bicyclic) bond motifs is 4. The molecule has 3 heterocycles. The molecule has 1 amide bonds. The van der Waals surface area contributed by atoms with Crippen molar-refractivity contribution in [3.05, 3.63) is 130 Å². The molecule has 38 heavy (non-hydrogen) atoms. The van der Waals surface area contributed by atoms with Crippen LogP contribution in [0.25, 0.3) is 17.2 Å². The summed E-state index contributed by atoms with van der Waals surface area (Å²) in [7, 11) is 0. The summed E-state index contributed by atoms with van der Waals surface area (Å²) in [5, 5.41) is 10.5. The number of carbonyl (C=O) groups is 1. The van der Waals surface area contributed by atoms with E-state index < -0.39 is 5.85 Å². The zero-order chi connectivity index (χ0) is 25.7. The first-order valence-electron chi connectivity index (χ1n) is 12.4. The van der Waals surface area contributed by atoms with E-state index in [1.54, 1.807) is 0 Å². The molecular weight excluding hydrogens is 514 g/mol. The van der Waals surface area contributed by atoms with Gasteiger partial charge >= 0.3 is 5.85 Å². The SMILES string of the molecule is O=C1NC2(Oc3ccc(Cl)cc3C3CC(c4ccccc4)=NN32)/C(=C/c2ccc(-c3ccccc3)cc2)S1. The Hall–Kier alpha value is -4.00. The van der Waals surface area contributed by atoms with Crippen LogP contribution in [-0.2, 0) is 0 Å². The first-order valence-corrected chi connectivity index (χ1v) is 13.6. The van der Waals surface area contributed by atoms with Gasteiger partial charge in [-0.15, -0.1) is 0 Å². The van der Waals surface area contributed by atoms with Crippen molar-refractivity contribution in [1.82, 2.24) is 10.3 Å². The number of benzene rings is 4. The van der Waals surface area contributed by atoms with Crippen LogP contribution >= 0.6 is 23.4 Å². The van der Waals surface area contributed by atoms with Gasteiger partial charge in [-0.1, -0.05) is 96.5 Å². The predicted octanol–water partition coefficient (Wildman–Crippen LogP) is 7.70. The fourth-order valence-corrected chi connectivity index (χ4v) is 6.34. The first-order chi connectivity index (χ1) is 18.6. The molecule has 0 bridgehead atoms. The summed E-state index contributed by atoms with van der Waals surface area (Å²) in [6.07, 6.45) is 2.67. The van der Waals surface area contributed by atoms with Gasteiger partial charge in [0.25, 0.3) is 5.24 Å². The van der Waals surface area contributed by atoms with Crippen molar-refractivity contribution in [2.75, 3.05) is 0 Å². The van der Waals surface area contributed by atoms with Crippen molar-refractivity contribution in [1.29, 1.82) is 0 Å². The van der Waals surface area contributed by atoms with Crippen LogP contribution < -0.4 is 10.1 Å². The number of amides is 1. The molecule has 0 aliphatic carbocycles. The molecule has 0 radical (unpaired) electrons. The van der Waals surface area contributed by atoms with Crippen molar-refractivity contribution in [2.24, 2.45) is 5.10 Å². The monoisotopic (exact) mass is 535 g/mol. The van der Waals surface area contributed by atoms with Gasteiger partial charge in [0.1, 0.15) is 5.75 Å². The summed E-state index contributed by atoms with van der Waals surface area (Å²) in [4.78, 5) is 13.6. The number of hydrazone groups is 1. The molecule has 7 heteroatoms. The normalized spacial score (nSPS) is 22.6. The maximum absolute atomic E-state index is 12.9. The molecule has 0 aromatic heterocycles. The van der Waals surface area contributed by atoms with Gasteiger partial charge < -0.3 is 4.74 Å². The Bertz CT molecular complexity index is 1610. The van der Waals surface area contributed by atoms with Crippen LogP contribution in [0.5, 0.6) is 5.75 Å². The molecule has 1 spiro atoms. The molecule has 1 N–H and O–H groups in total. The lowest BCUT2D eigenvalue weighted by molar-refractivity contribution is -0.0949. The Morgan fingerprint density at radius 3 is 2.34 bits per heavy atom. The van der Waals surface area contributed by atoms with Gasteiger partial charge in [-0.2, -0.15) is 5.10 Å². The summed E-state index contributed by atoms with van der Waals surface area (Å²) in [6.45, 7) is 0. The summed E-state index contributed by atoms with van der Waals surface area (Å²) in [5.74, 6) is -0.560. The standard InChI is InChI=1S/C31H22ClN3O2S/c32-24-15-16-28-25(18-24)27-19-26(23-9-5-2-6-10-23)34-35(27)31(37-28)29(38-30(36)33-31)17-20-11-13-22(14-12-20)21-7-3-1-4-8-21/h1-18,27H,19H2,(H,33,36)/b29-17-. The van der Waals surface area contributed by atoms with Gasteiger partial charge in [0.2, 0.25) is 0 Å². The van der Waals surface area contributed by atoms with Crippen LogP contribution in [0.2, 0.25) is 5.02 Å². The third-order valence-corrected chi connectivity index (χ3v) is 8.19. The van der Waals surface area contributed by atoms with Crippen molar-refractivity contribution < 1.29 is 9.53 Å². The van der Waals surface area contributed by atoms with Crippen LogP contribution in [0.3, 0.4) is 0 Å². The van der Waals surface area contributed by atoms with E-state index in [9.17, 15) is 4.79 Å². The predicted molar refractivity (Wildman–Crippen MR) is 153 cm³/mol. The number of rotatable bonds is 3. The molecule has 2 atom stereocenters. The smallest absolute Gasteiger partial charge is 0.314 e. The Morgan fingerprint density at radius 2 is 1.61 bits per heavy atom. The summed E-state index contributed by atoms with van der Waals surface area (Å²) in [5.41, 5.74) is 6.19. The minimum atomic E-state index is -1.25. The fourth-order valence-electron chi connectivity index (χ4n) is 5.25. The highest BCUT2D eigenvalue weighted by molar-refractivity contribution is 8.17. The van der Waals surface area contributed by atoms with E-state index in [-0.39, 0.29) is 11.3 Å². The van der Waals surface area contributed by atoms with E-state index in [0.29, 0.717) is 17.2 Å². The quantitative estimate of drug-likeness (QED) is 0.292. The number of halogens is 1. The van der Waals surface area contributed by atoms with Crippen LogP contribution in [0.4, 0.5) is 4.79 Å². The number of thioether (sulfide) groups is 1. The number of hydrogen-bond donors (Lipinski definition) is 1. The molecule has 4 aromatic rings. The second kappa shape index (κ2) is 9.08. The lowest BCUT2D eigenvalue weighted by Crippen LogP contribution is -2.61. The number of hydrogen-bond acceptors (Lipinski definition) is 5. The van der Waals surface area contributed by atoms with E-state index in [1.165, 1.54) is 0 Å². The third-order valence-electron chi connectivity index (χ3n) is 7.05. The maximum atomic E-state index is 12.9. The lowest BCUT2D eigenvalue weighted by Gasteiger charge is -2.45. The molecule has 5 nitrogen and oxygen atoms in total. The third kappa shape index (κ3) is 3.88. The van der Waals surface area contributed by atoms with Crippen LogP contribution in [0.1, 0.15) is 29.2 Å². The Balaban J connectivity index is 1.32. The molecule has 3 aliphatic rings. The topological polar surface area (TPSA) is 53.9 Å². The largest absolute Gasteiger partial charge is 0.444 e. The van der Waals surface area contributed by atoms with E-state index in [4.69, 9.17) is 21.4 Å².